The molecule has 1 aliphatic heterocycles. The van der Waals surface area contributed by atoms with Crippen molar-refractivity contribution in [2.45, 2.75) is 38.9 Å². The fourth-order valence-electron chi connectivity index (χ4n) is 2.39. The number of benzene rings is 1. The number of hydrogen-bond acceptors (Lipinski definition) is 3. The van der Waals surface area contributed by atoms with Gasteiger partial charge in [-0.2, -0.15) is 0 Å². The highest BCUT2D eigenvalue weighted by molar-refractivity contribution is 6.62. The van der Waals surface area contributed by atoms with Gasteiger partial charge in [0.2, 0.25) is 0 Å². The van der Waals surface area contributed by atoms with Gasteiger partial charge in [0.25, 0.3) is 0 Å². The highest BCUT2D eigenvalue weighted by Crippen LogP contribution is 2.36. The highest BCUT2D eigenvalue weighted by atomic mass is 35.5. The molecule has 2 aromatic rings. The zero-order valence-electron chi connectivity index (χ0n) is 13.3. The van der Waals surface area contributed by atoms with E-state index in [2.05, 4.69) is 32.7 Å². The SMILES string of the molecule is CC1(C)OB(c2cccc(-c3cc(Cl)ccn3)c2)OC1(C)C. The summed E-state index contributed by atoms with van der Waals surface area (Å²) in [6, 6.07) is 11.7. The van der Waals surface area contributed by atoms with Crippen LogP contribution in [0.15, 0.2) is 42.6 Å². The third-order valence-corrected chi connectivity index (χ3v) is 4.66. The van der Waals surface area contributed by atoms with Crippen molar-refractivity contribution in [1.29, 1.82) is 0 Å². The molecule has 0 saturated carbocycles. The molecule has 0 N–H and O–H groups in total. The summed E-state index contributed by atoms with van der Waals surface area (Å²) in [7, 11) is -0.371. The van der Waals surface area contributed by atoms with Crippen molar-refractivity contribution >= 4 is 24.2 Å². The topological polar surface area (TPSA) is 31.4 Å². The Morgan fingerprint density at radius 2 is 1.68 bits per heavy atom. The van der Waals surface area contributed by atoms with Gasteiger partial charge in [-0.25, -0.2) is 0 Å². The van der Waals surface area contributed by atoms with Gasteiger partial charge in [0, 0.05) is 11.2 Å². The second-order valence-electron chi connectivity index (χ2n) is 6.57. The fraction of sp³-hybridized carbons (Fsp3) is 0.353. The van der Waals surface area contributed by atoms with Crippen LogP contribution in [0.5, 0.6) is 0 Å². The van der Waals surface area contributed by atoms with Crippen LogP contribution in [0.2, 0.25) is 5.02 Å². The molecule has 0 radical (unpaired) electrons. The molecule has 5 heteroatoms. The van der Waals surface area contributed by atoms with Gasteiger partial charge in [-0.05, 0) is 50.9 Å². The van der Waals surface area contributed by atoms with Gasteiger partial charge in [0.05, 0.1) is 16.9 Å². The summed E-state index contributed by atoms with van der Waals surface area (Å²) < 4.78 is 12.2. The van der Waals surface area contributed by atoms with Gasteiger partial charge in [0.15, 0.2) is 0 Å². The maximum Gasteiger partial charge on any atom is 0.494 e. The lowest BCUT2D eigenvalue weighted by atomic mass is 9.78. The van der Waals surface area contributed by atoms with Crippen LogP contribution in [0.4, 0.5) is 0 Å². The van der Waals surface area contributed by atoms with E-state index in [9.17, 15) is 0 Å². The third-order valence-electron chi connectivity index (χ3n) is 4.43. The predicted molar refractivity (Wildman–Crippen MR) is 90.4 cm³/mol. The molecule has 0 spiro atoms. The minimum absolute atomic E-state index is 0.345. The summed E-state index contributed by atoms with van der Waals surface area (Å²) in [6.45, 7) is 8.20. The van der Waals surface area contributed by atoms with Crippen LogP contribution in [-0.4, -0.2) is 23.3 Å². The zero-order chi connectivity index (χ0) is 16.0. The number of rotatable bonds is 2. The molecule has 3 nitrogen and oxygen atoms in total. The first-order valence-corrected chi connectivity index (χ1v) is 7.74. The lowest BCUT2D eigenvalue weighted by Gasteiger charge is -2.32. The molecular weight excluding hydrogens is 296 g/mol. The molecule has 1 aromatic carbocycles. The van der Waals surface area contributed by atoms with Crippen LogP contribution in [-0.2, 0) is 9.31 Å². The Hall–Kier alpha value is -1.36. The van der Waals surface area contributed by atoms with E-state index in [1.807, 2.05) is 30.3 Å². The summed E-state index contributed by atoms with van der Waals surface area (Å²) in [6.07, 6.45) is 1.71. The summed E-state index contributed by atoms with van der Waals surface area (Å²) in [5.74, 6) is 0. The molecular formula is C17H19BClNO2. The smallest absolute Gasteiger partial charge is 0.399 e. The monoisotopic (exact) mass is 315 g/mol. The molecule has 2 heterocycles. The van der Waals surface area contributed by atoms with Crippen LogP contribution in [0.3, 0.4) is 0 Å². The molecule has 22 heavy (non-hydrogen) atoms. The van der Waals surface area contributed by atoms with Gasteiger partial charge in [-0.1, -0.05) is 35.9 Å². The van der Waals surface area contributed by atoms with E-state index in [0.29, 0.717) is 5.02 Å². The first-order chi connectivity index (χ1) is 10.3. The molecule has 114 valence electrons. The average molecular weight is 316 g/mol. The number of nitrogens with zero attached hydrogens (tertiary/aromatic N) is 1. The van der Waals surface area contributed by atoms with Gasteiger partial charge >= 0.3 is 7.12 Å². The molecule has 1 saturated heterocycles. The molecule has 0 atom stereocenters. The third kappa shape index (κ3) is 2.79. The van der Waals surface area contributed by atoms with Gasteiger partial charge < -0.3 is 9.31 Å². The van der Waals surface area contributed by atoms with E-state index >= 15 is 0 Å². The number of aromatic nitrogens is 1. The highest BCUT2D eigenvalue weighted by Gasteiger charge is 2.51. The quantitative estimate of drug-likeness (QED) is 0.792. The van der Waals surface area contributed by atoms with Crippen molar-refractivity contribution in [3.05, 3.63) is 47.6 Å². The normalized spacial score (nSPS) is 19.4. The Morgan fingerprint density at radius 1 is 1.00 bits per heavy atom. The molecule has 0 aliphatic carbocycles. The summed E-state index contributed by atoms with van der Waals surface area (Å²) in [5.41, 5.74) is 2.13. The summed E-state index contributed by atoms with van der Waals surface area (Å²) in [5, 5.41) is 0.672. The number of hydrogen-bond donors (Lipinski definition) is 0. The van der Waals surface area contributed by atoms with Gasteiger partial charge in [-0.3, -0.25) is 4.98 Å². The van der Waals surface area contributed by atoms with Crippen LogP contribution < -0.4 is 5.46 Å². The van der Waals surface area contributed by atoms with Crippen molar-refractivity contribution in [2.75, 3.05) is 0 Å². The van der Waals surface area contributed by atoms with E-state index in [0.717, 1.165) is 16.7 Å². The van der Waals surface area contributed by atoms with E-state index in [-0.39, 0.29) is 18.3 Å². The van der Waals surface area contributed by atoms with Crippen molar-refractivity contribution in [2.24, 2.45) is 0 Å². The second kappa shape index (κ2) is 5.37. The predicted octanol–water partition coefficient (Wildman–Crippen LogP) is 3.70. The summed E-state index contributed by atoms with van der Waals surface area (Å²) >= 11 is 6.05. The first-order valence-electron chi connectivity index (χ1n) is 7.36. The molecule has 3 rings (SSSR count). The fourth-order valence-corrected chi connectivity index (χ4v) is 2.55. The Bertz CT molecular complexity index is 687. The molecule has 0 bridgehead atoms. The Morgan fingerprint density at radius 3 is 2.32 bits per heavy atom. The van der Waals surface area contributed by atoms with Crippen molar-refractivity contribution in [3.8, 4) is 11.3 Å². The minimum Gasteiger partial charge on any atom is -0.399 e. The van der Waals surface area contributed by atoms with Crippen LogP contribution in [0, 0.1) is 0 Å². The van der Waals surface area contributed by atoms with Crippen molar-refractivity contribution < 1.29 is 9.31 Å². The van der Waals surface area contributed by atoms with Gasteiger partial charge in [-0.15, -0.1) is 0 Å². The average Bonchev–Trinajstić information content (AvgIpc) is 2.68. The second-order valence-corrected chi connectivity index (χ2v) is 7.01. The maximum atomic E-state index is 6.10. The molecule has 1 aliphatic rings. The van der Waals surface area contributed by atoms with Crippen LogP contribution >= 0.6 is 11.6 Å². The van der Waals surface area contributed by atoms with Gasteiger partial charge in [0.1, 0.15) is 0 Å². The largest absolute Gasteiger partial charge is 0.494 e. The van der Waals surface area contributed by atoms with Crippen molar-refractivity contribution in [3.63, 3.8) is 0 Å². The van der Waals surface area contributed by atoms with E-state index < -0.39 is 0 Å². The molecule has 1 fully saturated rings. The van der Waals surface area contributed by atoms with Crippen LogP contribution in [0.1, 0.15) is 27.7 Å². The van der Waals surface area contributed by atoms with E-state index in [1.54, 1.807) is 12.3 Å². The standard InChI is InChI=1S/C17H19BClNO2/c1-16(2)17(3,4)22-18(21-16)13-7-5-6-12(10-13)15-11-14(19)8-9-20-15/h5-11H,1-4H3. The molecule has 0 amide bonds. The minimum atomic E-state index is -0.371. The molecule has 1 aromatic heterocycles. The van der Waals surface area contributed by atoms with Crippen molar-refractivity contribution in [1.82, 2.24) is 4.98 Å². The zero-order valence-corrected chi connectivity index (χ0v) is 14.0. The van der Waals surface area contributed by atoms with E-state index in [4.69, 9.17) is 20.9 Å². The molecule has 0 unspecified atom stereocenters. The Balaban J connectivity index is 1.93. The van der Waals surface area contributed by atoms with E-state index in [1.165, 1.54) is 0 Å². The number of halogens is 1. The van der Waals surface area contributed by atoms with Crippen LogP contribution in [0.25, 0.3) is 11.3 Å². The number of pyridine rings is 1. The lowest BCUT2D eigenvalue weighted by Crippen LogP contribution is -2.41. The maximum absolute atomic E-state index is 6.10. The first kappa shape index (κ1) is 15.5. The Labute approximate surface area is 136 Å². The lowest BCUT2D eigenvalue weighted by molar-refractivity contribution is 0.00578. The summed E-state index contributed by atoms with van der Waals surface area (Å²) in [4.78, 5) is 4.37. The Kier molecular flexibility index (Phi) is 3.80.